The van der Waals surface area contributed by atoms with E-state index in [0.29, 0.717) is 16.5 Å². The molecule has 0 aliphatic carbocycles. The molecule has 2 aromatic rings. The second-order valence-corrected chi connectivity index (χ2v) is 4.71. The average molecular weight is 291 g/mol. The topological polar surface area (TPSA) is 35.5 Å². The van der Waals surface area contributed by atoms with E-state index in [4.69, 9.17) is 21.1 Å². The van der Waals surface area contributed by atoms with Gasteiger partial charge in [-0.25, -0.2) is 0 Å². The number of para-hydroxylation sites is 1. The summed E-state index contributed by atoms with van der Waals surface area (Å²) in [5, 5.41) is 0.581. The van der Waals surface area contributed by atoms with Crippen LogP contribution in [0.15, 0.2) is 48.5 Å². The molecular formula is C16H15ClO3. The zero-order valence-corrected chi connectivity index (χ0v) is 11.9. The van der Waals surface area contributed by atoms with Crippen molar-refractivity contribution in [1.82, 2.24) is 0 Å². The van der Waals surface area contributed by atoms with Crippen LogP contribution in [0.1, 0.15) is 5.56 Å². The Morgan fingerprint density at radius 1 is 1.15 bits per heavy atom. The number of carbonyl (C=O) groups is 1. The van der Waals surface area contributed by atoms with E-state index in [0.717, 1.165) is 5.56 Å². The van der Waals surface area contributed by atoms with Gasteiger partial charge >= 0.3 is 0 Å². The molecule has 0 unspecified atom stereocenters. The van der Waals surface area contributed by atoms with Crippen LogP contribution in [-0.4, -0.2) is 19.5 Å². The zero-order valence-electron chi connectivity index (χ0n) is 11.1. The summed E-state index contributed by atoms with van der Waals surface area (Å²) < 4.78 is 10.6. The van der Waals surface area contributed by atoms with Crippen molar-refractivity contribution in [1.29, 1.82) is 0 Å². The molecule has 0 saturated carbocycles. The molecule has 0 aliphatic rings. The zero-order chi connectivity index (χ0) is 14.4. The summed E-state index contributed by atoms with van der Waals surface area (Å²) in [5.74, 6) is 1.30. The number of hydrogen-bond acceptors (Lipinski definition) is 3. The number of Topliss-reactive ketones (excluding diaryl/α,β-unsaturated/α-hetero) is 1. The van der Waals surface area contributed by atoms with Gasteiger partial charge in [0.15, 0.2) is 5.78 Å². The lowest BCUT2D eigenvalue weighted by Crippen LogP contribution is -2.14. The molecule has 3 nitrogen and oxygen atoms in total. The predicted molar refractivity (Wildman–Crippen MR) is 78.7 cm³/mol. The first-order valence-corrected chi connectivity index (χ1v) is 6.59. The largest absolute Gasteiger partial charge is 0.496 e. The summed E-state index contributed by atoms with van der Waals surface area (Å²) in [6.07, 6.45) is 0.233. The highest BCUT2D eigenvalue weighted by Crippen LogP contribution is 2.23. The van der Waals surface area contributed by atoms with Gasteiger partial charge in [0, 0.05) is 17.0 Å². The maximum Gasteiger partial charge on any atom is 0.174 e. The lowest BCUT2D eigenvalue weighted by Gasteiger charge is -2.09. The van der Waals surface area contributed by atoms with Crippen LogP contribution in [0.25, 0.3) is 0 Å². The Kier molecular flexibility index (Phi) is 5.02. The monoisotopic (exact) mass is 290 g/mol. The molecule has 20 heavy (non-hydrogen) atoms. The number of ether oxygens (including phenoxy) is 2. The summed E-state index contributed by atoms with van der Waals surface area (Å²) in [4.78, 5) is 11.9. The maximum absolute atomic E-state index is 11.9. The van der Waals surface area contributed by atoms with Crippen molar-refractivity contribution in [2.75, 3.05) is 13.7 Å². The molecule has 2 aromatic carbocycles. The van der Waals surface area contributed by atoms with Crippen LogP contribution in [0.4, 0.5) is 0 Å². The van der Waals surface area contributed by atoms with Gasteiger partial charge in [-0.2, -0.15) is 0 Å². The first-order chi connectivity index (χ1) is 9.69. The Morgan fingerprint density at radius 3 is 2.60 bits per heavy atom. The van der Waals surface area contributed by atoms with Crippen molar-refractivity contribution in [2.45, 2.75) is 6.42 Å². The standard InChI is InChI=1S/C16H15ClO3/c1-19-16-8-7-13(17)9-12(16)10-14(18)11-20-15-5-3-2-4-6-15/h2-9H,10-11H2,1H3. The molecule has 104 valence electrons. The van der Waals surface area contributed by atoms with Gasteiger partial charge in [0.25, 0.3) is 0 Å². The minimum Gasteiger partial charge on any atom is -0.496 e. The first kappa shape index (κ1) is 14.4. The fourth-order valence-electron chi connectivity index (χ4n) is 1.83. The first-order valence-electron chi connectivity index (χ1n) is 6.21. The molecule has 0 fully saturated rings. The Balaban J connectivity index is 1.96. The lowest BCUT2D eigenvalue weighted by molar-refractivity contribution is -0.120. The van der Waals surface area contributed by atoms with E-state index in [-0.39, 0.29) is 18.8 Å². The van der Waals surface area contributed by atoms with E-state index in [1.54, 1.807) is 25.3 Å². The summed E-state index contributed by atoms with van der Waals surface area (Å²) >= 11 is 5.93. The van der Waals surface area contributed by atoms with Crippen LogP contribution in [-0.2, 0) is 11.2 Å². The summed E-state index contributed by atoms with van der Waals surface area (Å²) in [6.45, 7) is 0.0275. The molecule has 0 saturated heterocycles. The van der Waals surface area contributed by atoms with Gasteiger partial charge in [0.2, 0.25) is 0 Å². The highest BCUT2D eigenvalue weighted by atomic mass is 35.5. The molecule has 0 aromatic heterocycles. The molecular weight excluding hydrogens is 276 g/mol. The van der Waals surface area contributed by atoms with Gasteiger partial charge in [-0.05, 0) is 30.3 Å². The summed E-state index contributed by atoms with van der Waals surface area (Å²) in [5.41, 5.74) is 0.765. The number of rotatable bonds is 6. The maximum atomic E-state index is 11.9. The highest BCUT2D eigenvalue weighted by molar-refractivity contribution is 6.30. The van der Waals surface area contributed by atoms with Crippen LogP contribution >= 0.6 is 11.6 Å². The Morgan fingerprint density at radius 2 is 1.90 bits per heavy atom. The smallest absolute Gasteiger partial charge is 0.174 e. The van der Waals surface area contributed by atoms with Crippen molar-refractivity contribution < 1.29 is 14.3 Å². The number of ketones is 1. The van der Waals surface area contributed by atoms with E-state index < -0.39 is 0 Å². The van der Waals surface area contributed by atoms with Crippen LogP contribution in [0.2, 0.25) is 5.02 Å². The van der Waals surface area contributed by atoms with Gasteiger partial charge in [-0.1, -0.05) is 29.8 Å². The third-order valence-corrected chi connectivity index (χ3v) is 3.01. The van der Waals surface area contributed by atoms with Gasteiger partial charge in [0.1, 0.15) is 18.1 Å². The number of carbonyl (C=O) groups excluding carboxylic acids is 1. The van der Waals surface area contributed by atoms with Gasteiger partial charge in [-0.3, -0.25) is 4.79 Å². The molecule has 0 N–H and O–H groups in total. The van der Waals surface area contributed by atoms with Gasteiger partial charge in [0.05, 0.1) is 7.11 Å². The molecule has 0 bridgehead atoms. The normalized spacial score (nSPS) is 10.1. The SMILES string of the molecule is COc1ccc(Cl)cc1CC(=O)COc1ccccc1. The Hall–Kier alpha value is -2.00. The Labute approximate surface area is 123 Å². The minimum atomic E-state index is -0.0329. The highest BCUT2D eigenvalue weighted by Gasteiger charge is 2.10. The van der Waals surface area contributed by atoms with Crippen LogP contribution in [0, 0.1) is 0 Å². The molecule has 0 radical (unpaired) electrons. The van der Waals surface area contributed by atoms with Crippen molar-refractivity contribution in [3.8, 4) is 11.5 Å². The van der Waals surface area contributed by atoms with E-state index in [1.807, 2.05) is 30.3 Å². The molecule has 4 heteroatoms. The van der Waals surface area contributed by atoms with Crippen LogP contribution in [0.3, 0.4) is 0 Å². The fraction of sp³-hybridized carbons (Fsp3) is 0.188. The lowest BCUT2D eigenvalue weighted by atomic mass is 10.1. The quantitative estimate of drug-likeness (QED) is 0.816. The number of benzene rings is 2. The number of halogens is 1. The molecule has 0 atom stereocenters. The average Bonchev–Trinajstić information content (AvgIpc) is 2.46. The van der Waals surface area contributed by atoms with Gasteiger partial charge in [-0.15, -0.1) is 0 Å². The van der Waals surface area contributed by atoms with E-state index in [2.05, 4.69) is 0 Å². The predicted octanol–water partition coefficient (Wildman–Crippen LogP) is 3.54. The van der Waals surface area contributed by atoms with Crippen molar-refractivity contribution in [3.05, 3.63) is 59.1 Å². The minimum absolute atomic E-state index is 0.0275. The van der Waals surface area contributed by atoms with E-state index in [9.17, 15) is 4.79 Å². The molecule has 0 spiro atoms. The second kappa shape index (κ2) is 6.96. The third-order valence-electron chi connectivity index (χ3n) is 2.77. The molecule has 0 amide bonds. The van der Waals surface area contributed by atoms with E-state index in [1.165, 1.54) is 0 Å². The van der Waals surface area contributed by atoms with Crippen molar-refractivity contribution in [2.24, 2.45) is 0 Å². The van der Waals surface area contributed by atoms with Gasteiger partial charge < -0.3 is 9.47 Å². The molecule has 0 heterocycles. The second-order valence-electron chi connectivity index (χ2n) is 4.27. The Bertz CT molecular complexity index is 582. The molecule has 2 rings (SSSR count). The summed E-state index contributed by atoms with van der Waals surface area (Å²) in [6, 6.07) is 14.5. The fourth-order valence-corrected chi connectivity index (χ4v) is 2.02. The van der Waals surface area contributed by atoms with Crippen molar-refractivity contribution in [3.63, 3.8) is 0 Å². The summed E-state index contributed by atoms with van der Waals surface area (Å²) in [7, 11) is 1.57. The van der Waals surface area contributed by atoms with Crippen molar-refractivity contribution >= 4 is 17.4 Å². The number of hydrogen-bond donors (Lipinski definition) is 0. The third kappa shape index (κ3) is 4.00. The van der Waals surface area contributed by atoms with Crippen LogP contribution < -0.4 is 9.47 Å². The van der Waals surface area contributed by atoms with Crippen LogP contribution in [0.5, 0.6) is 11.5 Å². The molecule has 0 aliphatic heterocycles. The van der Waals surface area contributed by atoms with E-state index >= 15 is 0 Å². The number of methoxy groups -OCH3 is 1.